The predicted molar refractivity (Wildman–Crippen MR) is 602 cm³/mol. The molecule has 134 heavy (non-hydrogen) atoms. The number of nitriles is 1. The largest absolute Gasteiger partial charge is 0.336 e. The second-order valence-corrected chi connectivity index (χ2v) is 53.5. The summed E-state index contributed by atoms with van der Waals surface area (Å²) in [4.78, 5) is 9.52. The van der Waals surface area contributed by atoms with Crippen molar-refractivity contribution in [2.24, 2.45) is 11.3 Å². The number of aromatic nitrogens is 2. The SMILES string of the molecule is CC(C)(C)C#N.CC(C)(C)N(c1ccccc1)c1ccccc1.CC(C)(C)c1cc(N(c2cc(C(C)(C)C)cc(C(C)(C)C)c2)C(C)(C)C)cc(C(C)(C)C)c1.CC(C)(C)c1ccc(N(c2ccc(C(C)(C)C)cc2)C(C)(C)C)cc1.CC(C)(C)c1ccc2c(c1)c1cc(C(C)(C)C)ccc1n2C(C)(C)C.CC(C)(C)n1c2ccccc2c2ccccc21.CC(C)C.CN(C)C(C)(C)C. The van der Waals surface area contributed by atoms with Crippen LogP contribution < -0.4 is 14.7 Å². The van der Waals surface area contributed by atoms with Crippen LogP contribution in [-0.4, -0.2) is 50.3 Å². The highest BCUT2D eigenvalue weighted by molar-refractivity contribution is 6.09. The van der Waals surface area contributed by atoms with Gasteiger partial charge in [-0.3, -0.25) is 0 Å². The Kier molecular flexibility index (Phi) is 37.4. The molecule has 0 aliphatic carbocycles. The van der Waals surface area contributed by atoms with Crippen molar-refractivity contribution < 1.29 is 0 Å². The average Bonchev–Trinajstić information content (AvgIpc) is 1.58. The molecule has 0 saturated carbocycles. The number of para-hydroxylation sites is 4. The van der Waals surface area contributed by atoms with Gasteiger partial charge in [-0.05, 0) is 362 Å². The van der Waals surface area contributed by atoms with Crippen molar-refractivity contribution in [3.8, 4) is 6.07 Å². The van der Waals surface area contributed by atoms with E-state index in [9.17, 15) is 0 Å². The van der Waals surface area contributed by atoms with E-state index < -0.39 is 0 Å². The molecule has 0 amide bonds. The molecule has 0 unspecified atom stereocenters. The lowest BCUT2D eigenvalue weighted by molar-refractivity contribution is 0.219. The van der Waals surface area contributed by atoms with E-state index in [1.807, 2.05) is 20.8 Å². The summed E-state index contributed by atoms with van der Waals surface area (Å²) in [6.07, 6.45) is 0. The van der Waals surface area contributed by atoms with Gasteiger partial charge in [-0.15, -0.1) is 0 Å². The van der Waals surface area contributed by atoms with Crippen LogP contribution in [-0.2, 0) is 54.4 Å². The van der Waals surface area contributed by atoms with E-state index in [0.717, 1.165) is 5.92 Å². The van der Waals surface area contributed by atoms with Gasteiger partial charge in [0.25, 0.3) is 0 Å². The molecule has 732 valence electrons. The van der Waals surface area contributed by atoms with Gasteiger partial charge in [0.2, 0.25) is 0 Å². The van der Waals surface area contributed by atoms with Gasteiger partial charge in [-0.2, -0.15) is 5.26 Å². The Morgan fingerprint density at radius 3 is 0.612 bits per heavy atom. The standard InChI is InChI=1S/C32H51N.C24H33N.C24H35N.C16H17N.C16H19N.C6H15N.C5H9N.C4H10/c1-28(2,3)22-16-23(29(4,5)6)19-26(18-22)33(32(13,14)15)27-20-24(30(7,8)9)17-25(21-27)31(10,11)12;1-22(2,3)16-10-12-20-18(14-16)19-15-17(23(4,5)6)11-13-21(19)25(20)24(7,8)9;1-22(2,3)18-10-14-20(15-11-18)25(24(7,8)9)21-16-12-19(13-17-21)23(4,5)6;1-16(2,3)17-14-10-6-4-8-12(14)13-9-5-7-11-15(13)17;1-16(2,3)17(14-10-6-4-7-11-14)15-12-8-5-9-13-15;1-6(2,3)7(4)5;1-5(2,3)4-6;1-4(2)3/h16-21H,1-15H3;10-15H,1-9H3;10-17H,1-9H3;4-11H,1-3H3;4-13H,1-3H3;1-5H3;1-3H3;4H,1-3H3. The van der Waals surface area contributed by atoms with Gasteiger partial charge in [0.15, 0.2) is 0 Å². The van der Waals surface area contributed by atoms with Crippen LogP contribution in [0.4, 0.5) is 34.1 Å². The van der Waals surface area contributed by atoms with Crippen LogP contribution in [0.5, 0.6) is 0 Å². The van der Waals surface area contributed by atoms with Crippen LogP contribution in [0.2, 0.25) is 0 Å². The van der Waals surface area contributed by atoms with E-state index >= 15 is 0 Å². The minimum Gasteiger partial charge on any atom is -0.336 e. The molecule has 0 fully saturated rings. The monoisotopic (exact) mass is 1810 g/mol. The summed E-state index contributed by atoms with van der Waals surface area (Å²) in [5.41, 5.74) is 25.3. The molecule has 0 bridgehead atoms. The highest BCUT2D eigenvalue weighted by atomic mass is 15.2. The molecule has 12 aromatic rings. The second-order valence-electron chi connectivity index (χ2n) is 53.5. The molecule has 0 radical (unpaired) electrons. The number of hydrogen-bond donors (Lipinski definition) is 0. The number of rotatable bonds is 6. The van der Waals surface area contributed by atoms with Crippen LogP contribution >= 0.6 is 0 Å². The number of benzene rings is 10. The molecule has 2 aromatic heterocycles. The Morgan fingerprint density at radius 1 is 0.216 bits per heavy atom. The molecule has 0 aliphatic heterocycles. The lowest BCUT2D eigenvalue weighted by Crippen LogP contribution is -2.38. The van der Waals surface area contributed by atoms with E-state index in [2.05, 4.69) is 591 Å². The predicted octanol–water partition coefficient (Wildman–Crippen LogP) is 37.9. The summed E-state index contributed by atoms with van der Waals surface area (Å²) < 4.78 is 4.92. The summed E-state index contributed by atoms with van der Waals surface area (Å²) in [6, 6.07) is 87.0. The van der Waals surface area contributed by atoms with E-state index in [0.29, 0.717) is 5.54 Å². The van der Waals surface area contributed by atoms with Gasteiger partial charge in [-0.25, -0.2) is 0 Å². The first-order chi connectivity index (χ1) is 60.5. The third-order valence-electron chi connectivity index (χ3n) is 23.9. The van der Waals surface area contributed by atoms with Gasteiger partial charge < -0.3 is 28.7 Å². The molecular weight excluding hydrogens is 1620 g/mol. The Bertz CT molecular complexity index is 5360. The van der Waals surface area contributed by atoms with Crippen LogP contribution in [0.15, 0.2) is 231 Å². The minimum absolute atomic E-state index is 0.00645. The first kappa shape index (κ1) is 115. The fourth-order valence-electron chi connectivity index (χ4n) is 15.7. The lowest BCUT2D eigenvalue weighted by Gasteiger charge is -2.41. The maximum Gasteiger partial charge on any atom is 0.0680 e. The smallest absolute Gasteiger partial charge is 0.0680 e. The van der Waals surface area contributed by atoms with Crippen molar-refractivity contribution in [2.45, 2.75) is 409 Å². The van der Waals surface area contributed by atoms with Gasteiger partial charge in [0.05, 0.1) is 6.07 Å². The van der Waals surface area contributed by atoms with Gasteiger partial charge in [-0.1, -0.05) is 308 Å². The second kappa shape index (κ2) is 43.6. The summed E-state index contributed by atoms with van der Waals surface area (Å²) in [7, 11) is 4.17. The van der Waals surface area contributed by atoms with Gasteiger partial charge >= 0.3 is 0 Å². The highest BCUT2D eigenvalue weighted by Gasteiger charge is 2.34. The van der Waals surface area contributed by atoms with Crippen molar-refractivity contribution in [1.82, 2.24) is 14.0 Å². The molecule has 10 aromatic carbocycles. The molecule has 0 atom stereocenters. The van der Waals surface area contributed by atoms with Crippen LogP contribution in [0.3, 0.4) is 0 Å². The van der Waals surface area contributed by atoms with Crippen molar-refractivity contribution in [2.75, 3.05) is 28.8 Å². The Balaban J connectivity index is 0.000000287. The summed E-state index contributed by atoms with van der Waals surface area (Å²) in [5.74, 6) is 0.833. The third-order valence-corrected chi connectivity index (χ3v) is 23.9. The molecule has 0 saturated heterocycles. The maximum atomic E-state index is 8.15. The van der Waals surface area contributed by atoms with E-state index in [-0.39, 0.29) is 76.4 Å². The summed E-state index contributed by atoms with van der Waals surface area (Å²) >= 11 is 0. The molecule has 0 aliphatic rings. The van der Waals surface area contributed by atoms with Crippen molar-refractivity contribution in [3.05, 3.63) is 275 Å². The minimum atomic E-state index is -0.153. The molecule has 7 heteroatoms. The summed E-state index contributed by atoms with van der Waals surface area (Å²) in [5, 5.41) is 13.6. The van der Waals surface area contributed by atoms with Crippen LogP contribution in [0.25, 0.3) is 43.6 Å². The van der Waals surface area contributed by atoms with Crippen molar-refractivity contribution in [3.63, 3.8) is 0 Å². The molecule has 0 spiro atoms. The van der Waals surface area contributed by atoms with Crippen LogP contribution in [0.1, 0.15) is 377 Å². The highest BCUT2D eigenvalue weighted by Crippen LogP contribution is 2.46. The first-order valence-electron chi connectivity index (χ1n) is 49.7. The summed E-state index contributed by atoms with van der Waals surface area (Å²) in [6.45, 7) is 108. The molecule has 2 heterocycles. The average molecular weight is 1810 g/mol. The van der Waals surface area contributed by atoms with E-state index in [1.54, 1.807) is 0 Å². The lowest BCUT2D eigenvalue weighted by atomic mass is 9.79. The third kappa shape index (κ3) is 33.2. The number of hydrogen-bond acceptors (Lipinski definition) is 5. The zero-order valence-electron chi connectivity index (χ0n) is 94.6. The zero-order valence-corrected chi connectivity index (χ0v) is 94.6. The zero-order chi connectivity index (χ0) is 103. The van der Waals surface area contributed by atoms with E-state index in [1.165, 1.54) is 122 Å². The number of nitrogens with zero attached hydrogens (tertiary/aromatic N) is 7. The fourth-order valence-corrected chi connectivity index (χ4v) is 15.7. The van der Waals surface area contributed by atoms with Crippen molar-refractivity contribution >= 4 is 77.7 Å². The van der Waals surface area contributed by atoms with E-state index in [4.69, 9.17) is 5.26 Å². The van der Waals surface area contributed by atoms with Gasteiger partial charge in [0, 0.05) is 116 Å². The van der Waals surface area contributed by atoms with Crippen LogP contribution in [0, 0.1) is 22.7 Å². The normalized spacial score (nSPS) is 12.8. The molecule has 12 rings (SSSR count). The van der Waals surface area contributed by atoms with Crippen molar-refractivity contribution in [1.29, 1.82) is 5.26 Å². The first-order valence-corrected chi connectivity index (χ1v) is 49.7. The molecular formula is C127H189N7. The topological polar surface area (TPSA) is 46.6 Å². The molecule has 0 N–H and O–H groups in total. The number of fused-ring (bicyclic) bond motifs is 6. The maximum absolute atomic E-state index is 8.15. The number of anilines is 6. The Hall–Kier alpha value is -9.35. The Labute approximate surface area is 821 Å². The fraction of sp³-hybridized carbons (Fsp3) is 0.520. The quantitative estimate of drug-likeness (QED) is 0.166. The molecule has 7 nitrogen and oxygen atoms in total. The van der Waals surface area contributed by atoms with Gasteiger partial charge in [0.1, 0.15) is 0 Å². The Morgan fingerprint density at radius 2 is 0.410 bits per heavy atom.